The van der Waals surface area contributed by atoms with Gasteiger partial charge in [0, 0.05) is 31.0 Å². The highest BCUT2D eigenvalue weighted by molar-refractivity contribution is 5.97. The van der Waals surface area contributed by atoms with Gasteiger partial charge < -0.3 is 10.2 Å². The first kappa shape index (κ1) is 16.2. The molecule has 1 N–H and O–H groups in total. The zero-order chi connectivity index (χ0) is 16.8. The Hall–Kier alpha value is -2.63. The highest BCUT2D eigenvalue weighted by atomic mass is 16.2. The van der Waals surface area contributed by atoms with Crippen molar-refractivity contribution < 1.29 is 9.59 Å². The van der Waals surface area contributed by atoms with Crippen molar-refractivity contribution in [3.8, 4) is 0 Å². The molecule has 126 valence electrons. The van der Waals surface area contributed by atoms with E-state index in [4.69, 9.17) is 0 Å². The van der Waals surface area contributed by atoms with E-state index in [1.54, 1.807) is 27.9 Å². The SMILES string of the molecule is O=C(NCCn1cccn1)[C@H]1CCCCN1C(=O)c1ccccc1. The van der Waals surface area contributed by atoms with Gasteiger partial charge in [-0.1, -0.05) is 18.2 Å². The van der Waals surface area contributed by atoms with E-state index in [9.17, 15) is 9.59 Å². The van der Waals surface area contributed by atoms with Gasteiger partial charge in [-0.2, -0.15) is 5.10 Å². The van der Waals surface area contributed by atoms with Crippen LogP contribution in [0.25, 0.3) is 0 Å². The van der Waals surface area contributed by atoms with Gasteiger partial charge in [0.05, 0.1) is 6.54 Å². The third-order valence-corrected chi connectivity index (χ3v) is 4.29. The summed E-state index contributed by atoms with van der Waals surface area (Å²) in [4.78, 5) is 27.0. The predicted octanol–water partition coefficient (Wildman–Crippen LogP) is 1.69. The Morgan fingerprint density at radius 1 is 1.17 bits per heavy atom. The van der Waals surface area contributed by atoms with E-state index in [0.29, 0.717) is 31.6 Å². The monoisotopic (exact) mass is 326 g/mol. The second-order valence-electron chi connectivity index (χ2n) is 5.94. The smallest absolute Gasteiger partial charge is 0.254 e. The second kappa shape index (κ2) is 7.77. The molecule has 1 aromatic carbocycles. The summed E-state index contributed by atoms with van der Waals surface area (Å²) in [5, 5.41) is 7.04. The van der Waals surface area contributed by atoms with Gasteiger partial charge in [-0.25, -0.2) is 0 Å². The molecule has 2 heterocycles. The lowest BCUT2D eigenvalue weighted by molar-refractivity contribution is -0.126. The van der Waals surface area contributed by atoms with Crippen molar-refractivity contribution in [3.63, 3.8) is 0 Å². The Labute approximate surface area is 141 Å². The zero-order valence-electron chi connectivity index (χ0n) is 13.6. The molecule has 3 rings (SSSR count). The van der Waals surface area contributed by atoms with E-state index in [-0.39, 0.29) is 17.9 Å². The largest absolute Gasteiger partial charge is 0.352 e. The molecule has 6 nitrogen and oxygen atoms in total. The van der Waals surface area contributed by atoms with Gasteiger partial charge in [-0.05, 0) is 37.5 Å². The maximum atomic E-state index is 12.7. The molecule has 1 saturated heterocycles. The molecule has 0 radical (unpaired) electrons. The summed E-state index contributed by atoms with van der Waals surface area (Å²) in [6, 6.07) is 10.6. The number of likely N-dealkylation sites (tertiary alicyclic amines) is 1. The number of nitrogens with one attached hydrogen (secondary N) is 1. The minimum Gasteiger partial charge on any atom is -0.352 e. The fraction of sp³-hybridized carbons (Fsp3) is 0.389. The number of piperidine rings is 1. The Balaban J connectivity index is 1.61. The van der Waals surface area contributed by atoms with Crippen LogP contribution in [0.2, 0.25) is 0 Å². The van der Waals surface area contributed by atoms with E-state index in [1.165, 1.54) is 0 Å². The van der Waals surface area contributed by atoms with Gasteiger partial charge in [0.25, 0.3) is 5.91 Å². The van der Waals surface area contributed by atoms with Crippen LogP contribution in [0.1, 0.15) is 29.6 Å². The topological polar surface area (TPSA) is 67.2 Å². The molecule has 2 aromatic rings. The molecular formula is C18H22N4O2. The Kier molecular flexibility index (Phi) is 5.25. The number of hydrogen-bond donors (Lipinski definition) is 1. The van der Waals surface area contributed by atoms with Gasteiger partial charge in [0.2, 0.25) is 5.91 Å². The van der Waals surface area contributed by atoms with Crippen LogP contribution in [-0.2, 0) is 11.3 Å². The van der Waals surface area contributed by atoms with Crippen molar-refractivity contribution >= 4 is 11.8 Å². The van der Waals surface area contributed by atoms with Crippen LogP contribution >= 0.6 is 0 Å². The molecule has 1 atom stereocenters. The molecule has 6 heteroatoms. The van der Waals surface area contributed by atoms with Crippen LogP contribution in [0.15, 0.2) is 48.8 Å². The fourth-order valence-electron chi connectivity index (χ4n) is 3.04. The second-order valence-corrected chi connectivity index (χ2v) is 5.94. The average molecular weight is 326 g/mol. The van der Waals surface area contributed by atoms with Crippen molar-refractivity contribution in [1.29, 1.82) is 0 Å². The minimum absolute atomic E-state index is 0.0671. The lowest BCUT2D eigenvalue weighted by Crippen LogP contribution is -2.52. The predicted molar refractivity (Wildman–Crippen MR) is 90.4 cm³/mol. The van der Waals surface area contributed by atoms with Crippen LogP contribution in [-0.4, -0.2) is 45.6 Å². The molecule has 1 aromatic heterocycles. The summed E-state index contributed by atoms with van der Waals surface area (Å²) in [7, 11) is 0. The molecule has 1 aliphatic heterocycles. The van der Waals surface area contributed by atoms with Crippen molar-refractivity contribution in [2.24, 2.45) is 0 Å². The van der Waals surface area contributed by atoms with E-state index in [1.807, 2.05) is 30.5 Å². The third-order valence-electron chi connectivity index (χ3n) is 4.29. The third kappa shape index (κ3) is 3.82. The van der Waals surface area contributed by atoms with Crippen molar-refractivity contribution in [2.75, 3.05) is 13.1 Å². The van der Waals surface area contributed by atoms with Gasteiger partial charge in [0.1, 0.15) is 6.04 Å². The molecule has 0 saturated carbocycles. The van der Waals surface area contributed by atoms with E-state index in [0.717, 1.165) is 12.8 Å². The summed E-state index contributed by atoms with van der Waals surface area (Å²) >= 11 is 0. The van der Waals surface area contributed by atoms with Crippen molar-refractivity contribution in [2.45, 2.75) is 31.8 Å². The first-order valence-corrected chi connectivity index (χ1v) is 8.37. The summed E-state index contributed by atoms with van der Waals surface area (Å²) in [6.45, 7) is 1.76. The van der Waals surface area contributed by atoms with Crippen LogP contribution in [0.4, 0.5) is 0 Å². The molecule has 0 unspecified atom stereocenters. The summed E-state index contributed by atoms with van der Waals surface area (Å²) in [6.07, 6.45) is 6.19. The molecular weight excluding hydrogens is 304 g/mol. The number of benzene rings is 1. The van der Waals surface area contributed by atoms with Crippen LogP contribution in [0.5, 0.6) is 0 Å². The molecule has 0 aliphatic carbocycles. The van der Waals surface area contributed by atoms with Crippen molar-refractivity contribution in [1.82, 2.24) is 20.0 Å². The maximum Gasteiger partial charge on any atom is 0.254 e. The Morgan fingerprint density at radius 3 is 2.75 bits per heavy atom. The van der Waals surface area contributed by atoms with Crippen LogP contribution < -0.4 is 5.32 Å². The number of amides is 2. The van der Waals surface area contributed by atoms with Crippen LogP contribution in [0, 0.1) is 0 Å². The normalized spacial score (nSPS) is 17.5. The lowest BCUT2D eigenvalue weighted by atomic mass is 10.00. The number of hydrogen-bond acceptors (Lipinski definition) is 3. The van der Waals surface area contributed by atoms with Gasteiger partial charge in [-0.3, -0.25) is 14.3 Å². The summed E-state index contributed by atoms with van der Waals surface area (Å²) in [5.41, 5.74) is 0.633. The van der Waals surface area contributed by atoms with Crippen LogP contribution in [0.3, 0.4) is 0 Å². The summed E-state index contributed by atoms with van der Waals surface area (Å²) in [5.74, 6) is -0.145. The Morgan fingerprint density at radius 2 is 2.00 bits per heavy atom. The molecule has 2 amide bonds. The van der Waals surface area contributed by atoms with E-state index in [2.05, 4.69) is 10.4 Å². The average Bonchev–Trinajstić information content (AvgIpc) is 3.15. The van der Waals surface area contributed by atoms with Crippen molar-refractivity contribution in [3.05, 3.63) is 54.4 Å². The minimum atomic E-state index is -0.385. The number of carbonyl (C=O) groups excluding carboxylic acids is 2. The molecule has 0 spiro atoms. The standard InChI is InChI=1S/C18H22N4O2/c23-17(19-11-14-21-12-6-10-20-21)16-9-4-5-13-22(16)18(24)15-7-2-1-3-8-15/h1-3,6-8,10,12,16H,4-5,9,11,13-14H2,(H,19,23)/t16-/m1/s1. The zero-order valence-corrected chi connectivity index (χ0v) is 13.6. The molecule has 24 heavy (non-hydrogen) atoms. The quantitative estimate of drug-likeness (QED) is 0.909. The fourth-order valence-corrected chi connectivity index (χ4v) is 3.04. The first-order valence-electron chi connectivity index (χ1n) is 8.37. The van der Waals surface area contributed by atoms with E-state index < -0.39 is 0 Å². The maximum absolute atomic E-state index is 12.7. The highest BCUT2D eigenvalue weighted by Gasteiger charge is 2.32. The molecule has 0 bridgehead atoms. The Bertz CT molecular complexity index is 670. The first-order chi connectivity index (χ1) is 11.8. The number of nitrogens with zero attached hydrogens (tertiary/aromatic N) is 3. The van der Waals surface area contributed by atoms with Gasteiger partial charge in [-0.15, -0.1) is 0 Å². The number of aromatic nitrogens is 2. The number of carbonyl (C=O) groups is 2. The summed E-state index contributed by atoms with van der Waals surface area (Å²) < 4.78 is 1.77. The number of rotatable bonds is 5. The molecule has 1 fully saturated rings. The highest BCUT2D eigenvalue weighted by Crippen LogP contribution is 2.20. The molecule has 1 aliphatic rings. The van der Waals surface area contributed by atoms with Gasteiger partial charge >= 0.3 is 0 Å². The van der Waals surface area contributed by atoms with Gasteiger partial charge in [0.15, 0.2) is 0 Å². The van der Waals surface area contributed by atoms with E-state index >= 15 is 0 Å². The lowest BCUT2D eigenvalue weighted by Gasteiger charge is -2.34.